The third-order valence-electron chi connectivity index (χ3n) is 1.35. The van der Waals surface area contributed by atoms with E-state index < -0.39 is 6.04 Å². The molecule has 0 aromatic heterocycles. The van der Waals surface area contributed by atoms with Gasteiger partial charge in [-0.3, -0.25) is 9.59 Å². The summed E-state index contributed by atoms with van der Waals surface area (Å²) in [6, 6.07) is -0.417. The minimum atomic E-state index is -0.417. The van der Waals surface area contributed by atoms with Crippen molar-refractivity contribution >= 4 is 11.7 Å². The molecule has 0 aliphatic heterocycles. The van der Waals surface area contributed by atoms with Crippen LogP contribution in [0.5, 0.6) is 0 Å². The molecule has 0 rings (SSSR count). The van der Waals surface area contributed by atoms with Crippen molar-refractivity contribution in [2.24, 2.45) is 0 Å². The summed E-state index contributed by atoms with van der Waals surface area (Å²) in [5.74, 6) is -0.327. The average molecular weight is 155 g/mol. The van der Waals surface area contributed by atoms with Gasteiger partial charge in [0, 0.05) is 5.57 Å². The lowest BCUT2D eigenvalue weighted by Gasteiger charge is -2.09. The average Bonchev–Trinajstić information content (AvgIpc) is 1.87. The van der Waals surface area contributed by atoms with E-state index in [0.717, 1.165) is 0 Å². The Morgan fingerprint density at radius 2 is 1.82 bits per heavy atom. The van der Waals surface area contributed by atoms with E-state index >= 15 is 0 Å². The lowest BCUT2D eigenvalue weighted by atomic mass is 10.2. The summed E-state index contributed by atoms with van der Waals surface area (Å²) >= 11 is 0. The molecule has 0 aliphatic carbocycles. The Balaban J connectivity index is 3.95. The van der Waals surface area contributed by atoms with E-state index in [9.17, 15) is 9.59 Å². The molecule has 0 aromatic carbocycles. The van der Waals surface area contributed by atoms with Gasteiger partial charge in [0.1, 0.15) is 0 Å². The molecule has 0 radical (unpaired) electrons. The lowest BCUT2D eigenvalue weighted by molar-refractivity contribution is -0.124. The van der Waals surface area contributed by atoms with Crippen molar-refractivity contribution in [2.45, 2.75) is 26.8 Å². The molecule has 3 nitrogen and oxygen atoms in total. The molecule has 0 aromatic rings. The molecule has 0 saturated carbocycles. The van der Waals surface area contributed by atoms with Crippen molar-refractivity contribution in [2.75, 3.05) is 0 Å². The van der Waals surface area contributed by atoms with Gasteiger partial charge in [-0.2, -0.15) is 0 Å². The number of amides is 1. The van der Waals surface area contributed by atoms with Crippen LogP contribution in [0.3, 0.4) is 0 Å². The van der Waals surface area contributed by atoms with Crippen LogP contribution in [-0.4, -0.2) is 17.7 Å². The summed E-state index contributed by atoms with van der Waals surface area (Å²) in [6.45, 7) is 8.12. The Morgan fingerprint density at radius 1 is 1.36 bits per heavy atom. The van der Waals surface area contributed by atoms with E-state index in [0.29, 0.717) is 5.57 Å². The molecule has 0 aliphatic rings. The fourth-order valence-electron chi connectivity index (χ4n) is 0.421. The van der Waals surface area contributed by atoms with Crippen LogP contribution >= 0.6 is 0 Å². The number of Topliss-reactive ketones (excluding diaryl/α,β-unsaturated/α-hetero) is 1. The summed E-state index contributed by atoms with van der Waals surface area (Å²) in [5, 5.41) is 2.49. The molecule has 0 spiro atoms. The van der Waals surface area contributed by atoms with E-state index in [1.807, 2.05) is 0 Å². The quantitative estimate of drug-likeness (QED) is 0.608. The number of carbonyl (C=O) groups is 2. The molecule has 1 atom stereocenters. The van der Waals surface area contributed by atoms with E-state index in [1.165, 1.54) is 6.92 Å². The molecule has 1 unspecified atom stereocenters. The Labute approximate surface area is 66.5 Å². The van der Waals surface area contributed by atoms with Gasteiger partial charge >= 0.3 is 0 Å². The summed E-state index contributed by atoms with van der Waals surface area (Å²) in [5.41, 5.74) is 0.415. The van der Waals surface area contributed by atoms with E-state index in [-0.39, 0.29) is 11.7 Å². The first-order chi connectivity index (χ1) is 4.95. The second-order valence-corrected chi connectivity index (χ2v) is 2.59. The third-order valence-corrected chi connectivity index (χ3v) is 1.35. The molecule has 1 N–H and O–H groups in total. The minimum Gasteiger partial charge on any atom is -0.343 e. The van der Waals surface area contributed by atoms with Crippen molar-refractivity contribution in [3.63, 3.8) is 0 Å². The lowest BCUT2D eigenvalue weighted by Crippen LogP contribution is -2.37. The maximum Gasteiger partial charge on any atom is 0.246 e. The first kappa shape index (κ1) is 9.88. The molecule has 1 amide bonds. The number of rotatable bonds is 3. The van der Waals surface area contributed by atoms with Crippen LogP contribution in [-0.2, 0) is 9.59 Å². The molecule has 3 heteroatoms. The van der Waals surface area contributed by atoms with Crippen molar-refractivity contribution in [1.29, 1.82) is 0 Å². The molecular weight excluding hydrogens is 142 g/mol. The van der Waals surface area contributed by atoms with Crippen LogP contribution in [0.25, 0.3) is 0 Å². The highest BCUT2D eigenvalue weighted by Gasteiger charge is 2.10. The first-order valence-electron chi connectivity index (χ1n) is 3.42. The van der Waals surface area contributed by atoms with Gasteiger partial charge in [0.2, 0.25) is 5.91 Å². The molecule has 11 heavy (non-hydrogen) atoms. The third kappa shape index (κ3) is 3.55. The highest BCUT2D eigenvalue weighted by molar-refractivity contribution is 5.95. The van der Waals surface area contributed by atoms with Crippen LogP contribution < -0.4 is 5.32 Å². The van der Waals surface area contributed by atoms with Crippen LogP contribution in [0, 0.1) is 0 Å². The topological polar surface area (TPSA) is 46.2 Å². The van der Waals surface area contributed by atoms with Crippen molar-refractivity contribution in [3.05, 3.63) is 12.2 Å². The van der Waals surface area contributed by atoms with Gasteiger partial charge in [-0.15, -0.1) is 0 Å². The second-order valence-electron chi connectivity index (χ2n) is 2.59. The van der Waals surface area contributed by atoms with Gasteiger partial charge in [0.05, 0.1) is 6.04 Å². The highest BCUT2D eigenvalue weighted by atomic mass is 16.2. The predicted molar refractivity (Wildman–Crippen MR) is 43.1 cm³/mol. The SMILES string of the molecule is C=C(C)C(=O)NC(C)C(C)=O. The standard InChI is InChI=1S/C8H13NO2/c1-5(2)8(11)9-6(3)7(4)10/h6H,1H2,2-4H3,(H,9,11). The molecule has 0 saturated heterocycles. The fourth-order valence-corrected chi connectivity index (χ4v) is 0.421. The number of hydrogen-bond acceptors (Lipinski definition) is 2. The highest BCUT2D eigenvalue weighted by Crippen LogP contribution is 1.89. The van der Waals surface area contributed by atoms with Crippen LogP contribution in [0.15, 0.2) is 12.2 Å². The normalized spacial score (nSPS) is 11.9. The van der Waals surface area contributed by atoms with Crippen LogP contribution in [0.4, 0.5) is 0 Å². The summed E-state index contributed by atoms with van der Waals surface area (Å²) in [4.78, 5) is 21.6. The predicted octanol–water partition coefficient (Wildman–Crippen LogP) is 0.656. The number of ketones is 1. The van der Waals surface area contributed by atoms with E-state index in [2.05, 4.69) is 11.9 Å². The van der Waals surface area contributed by atoms with Gasteiger partial charge < -0.3 is 5.32 Å². The van der Waals surface area contributed by atoms with Crippen LogP contribution in [0.1, 0.15) is 20.8 Å². The molecule has 62 valence electrons. The van der Waals surface area contributed by atoms with Crippen molar-refractivity contribution in [1.82, 2.24) is 5.32 Å². The number of carbonyl (C=O) groups excluding carboxylic acids is 2. The van der Waals surface area contributed by atoms with Gasteiger partial charge in [0.15, 0.2) is 5.78 Å². The zero-order valence-corrected chi connectivity index (χ0v) is 7.10. The van der Waals surface area contributed by atoms with E-state index in [4.69, 9.17) is 0 Å². The summed E-state index contributed by atoms with van der Waals surface area (Å²) in [6.07, 6.45) is 0. The van der Waals surface area contributed by atoms with Crippen LogP contribution in [0.2, 0.25) is 0 Å². The fraction of sp³-hybridized carbons (Fsp3) is 0.500. The van der Waals surface area contributed by atoms with Crippen molar-refractivity contribution in [3.8, 4) is 0 Å². The van der Waals surface area contributed by atoms with Gasteiger partial charge in [-0.25, -0.2) is 0 Å². The smallest absolute Gasteiger partial charge is 0.246 e. The Morgan fingerprint density at radius 3 is 2.09 bits per heavy atom. The van der Waals surface area contributed by atoms with Crippen molar-refractivity contribution < 1.29 is 9.59 Å². The maximum absolute atomic E-state index is 10.9. The first-order valence-corrected chi connectivity index (χ1v) is 3.42. The molecular formula is C8H13NO2. The van der Waals surface area contributed by atoms with Gasteiger partial charge in [-0.05, 0) is 20.8 Å². The molecule has 0 fully saturated rings. The zero-order chi connectivity index (χ0) is 9.02. The Bertz CT molecular complexity index is 196. The zero-order valence-electron chi connectivity index (χ0n) is 7.10. The van der Waals surface area contributed by atoms with Gasteiger partial charge in [0.25, 0.3) is 0 Å². The largest absolute Gasteiger partial charge is 0.343 e. The summed E-state index contributed by atoms with van der Waals surface area (Å²) < 4.78 is 0. The second kappa shape index (κ2) is 3.91. The Hall–Kier alpha value is -1.12. The number of hydrogen-bond donors (Lipinski definition) is 1. The Kier molecular flexibility index (Phi) is 3.51. The maximum atomic E-state index is 10.9. The summed E-state index contributed by atoms with van der Waals surface area (Å²) in [7, 11) is 0. The molecule has 0 bridgehead atoms. The van der Waals surface area contributed by atoms with Gasteiger partial charge in [-0.1, -0.05) is 6.58 Å². The van der Waals surface area contributed by atoms with E-state index in [1.54, 1.807) is 13.8 Å². The monoisotopic (exact) mass is 155 g/mol. The minimum absolute atomic E-state index is 0.0559. The number of nitrogens with one attached hydrogen (secondary N) is 1. The molecule has 0 heterocycles.